The molecule has 0 saturated carbocycles. The third kappa shape index (κ3) is 5.70. The number of nitrogen functional groups attached to an aromatic ring is 1. The van der Waals surface area contributed by atoms with Gasteiger partial charge >= 0.3 is 0 Å². The van der Waals surface area contributed by atoms with Crippen molar-refractivity contribution in [3.63, 3.8) is 0 Å². The molecule has 0 aliphatic carbocycles. The van der Waals surface area contributed by atoms with Gasteiger partial charge in [-0.1, -0.05) is 6.92 Å². The second-order valence-corrected chi connectivity index (χ2v) is 4.14. The van der Waals surface area contributed by atoms with E-state index in [0.717, 1.165) is 22.0 Å². The lowest BCUT2D eigenvalue weighted by atomic mass is 10.3. The average molecular weight is 285 g/mol. The van der Waals surface area contributed by atoms with Crippen molar-refractivity contribution in [2.24, 2.45) is 0 Å². The second-order valence-electron chi connectivity index (χ2n) is 2.84. The zero-order chi connectivity index (χ0) is 10.4. The van der Waals surface area contributed by atoms with E-state index >= 15 is 0 Å². The fraction of sp³-hybridized carbons (Fsp3) is 0.400. The Morgan fingerprint density at radius 1 is 1.38 bits per heavy atom. The van der Waals surface area contributed by atoms with E-state index in [2.05, 4.69) is 12.2 Å². The van der Waals surface area contributed by atoms with Crippen molar-refractivity contribution in [2.75, 3.05) is 30.0 Å². The normalized spacial score (nSPS) is 8.88. The maximum Gasteiger partial charge on any atom is 0.0604 e. The Morgan fingerprint density at radius 3 is 2.62 bits per heavy atom. The lowest BCUT2D eigenvalue weighted by Gasteiger charge is -2.10. The van der Waals surface area contributed by atoms with Crippen molar-refractivity contribution in [3.05, 3.63) is 18.2 Å². The molecule has 0 aromatic heterocycles. The number of anilines is 2. The number of aliphatic hydroxyl groups excluding tert-OH is 1. The van der Waals surface area contributed by atoms with Gasteiger partial charge in [-0.2, -0.15) is 0 Å². The molecule has 0 amide bonds. The predicted octanol–water partition coefficient (Wildman–Crippen LogP) is 2.63. The van der Waals surface area contributed by atoms with Crippen molar-refractivity contribution >= 4 is 48.0 Å². The Bertz CT molecular complexity index is 300. The van der Waals surface area contributed by atoms with Gasteiger partial charge in [-0.3, -0.25) is 0 Å². The Kier molecular flexibility index (Phi) is 11.2. The van der Waals surface area contributed by atoms with Gasteiger partial charge in [-0.25, -0.2) is 0 Å². The summed E-state index contributed by atoms with van der Waals surface area (Å²) in [5.41, 5.74) is 7.51. The molecule has 1 aromatic carbocycles. The lowest BCUT2D eigenvalue weighted by molar-refractivity contribution is 0.311. The molecule has 94 valence electrons. The van der Waals surface area contributed by atoms with E-state index < -0.39 is 0 Å². The Labute approximate surface area is 113 Å². The van der Waals surface area contributed by atoms with Crippen LogP contribution in [0.3, 0.4) is 0 Å². The van der Waals surface area contributed by atoms with Crippen LogP contribution in [0.5, 0.6) is 0 Å². The number of aliphatic hydroxyl groups is 1. The minimum atomic E-state index is 0. The Morgan fingerprint density at radius 2 is 2.06 bits per heavy atom. The number of halogens is 2. The third-order valence-corrected chi connectivity index (χ3v) is 2.67. The third-order valence-electron chi connectivity index (χ3n) is 1.73. The number of rotatable bonds is 5. The van der Waals surface area contributed by atoms with Gasteiger partial charge in [0.2, 0.25) is 0 Å². The van der Waals surface area contributed by atoms with E-state index in [1.165, 1.54) is 0 Å². The molecule has 3 nitrogen and oxygen atoms in total. The molecule has 0 saturated heterocycles. The molecule has 16 heavy (non-hydrogen) atoms. The standard InChI is InChI=1S/C10H16N2OS.2ClH/c1-2-14-10-7-8(11)3-4-9(10)12-5-6-13;;/h3-4,7,12-13H,2,5-6,11H2,1H3;2*1H. The van der Waals surface area contributed by atoms with Crippen molar-refractivity contribution < 1.29 is 5.11 Å². The van der Waals surface area contributed by atoms with Crippen LogP contribution in [0.2, 0.25) is 0 Å². The molecule has 1 aromatic rings. The van der Waals surface area contributed by atoms with E-state index in [0.29, 0.717) is 6.54 Å². The monoisotopic (exact) mass is 284 g/mol. The molecule has 6 heteroatoms. The number of benzene rings is 1. The summed E-state index contributed by atoms with van der Waals surface area (Å²) in [5, 5.41) is 11.9. The van der Waals surface area contributed by atoms with Gasteiger partial charge in [0.05, 0.1) is 6.61 Å². The highest BCUT2D eigenvalue weighted by Gasteiger charge is 2.01. The minimum Gasteiger partial charge on any atom is -0.399 e. The molecule has 0 heterocycles. The molecule has 1 rings (SSSR count). The first-order valence-electron chi connectivity index (χ1n) is 4.65. The first-order chi connectivity index (χ1) is 6.77. The SMILES string of the molecule is CCSc1cc(N)ccc1NCCO.Cl.Cl. The van der Waals surface area contributed by atoms with Crippen molar-refractivity contribution in [2.45, 2.75) is 11.8 Å². The highest BCUT2D eigenvalue weighted by atomic mass is 35.5. The minimum absolute atomic E-state index is 0. The van der Waals surface area contributed by atoms with Gasteiger partial charge in [0.25, 0.3) is 0 Å². The van der Waals surface area contributed by atoms with E-state index in [1.807, 2.05) is 18.2 Å². The highest BCUT2D eigenvalue weighted by molar-refractivity contribution is 7.99. The predicted molar refractivity (Wildman–Crippen MR) is 77.3 cm³/mol. The summed E-state index contributed by atoms with van der Waals surface area (Å²) < 4.78 is 0. The van der Waals surface area contributed by atoms with E-state index in [1.54, 1.807) is 11.8 Å². The Balaban J connectivity index is 0. The van der Waals surface area contributed by atoms with Gasteiger partial charge < -0.3 is 16.2 Å². The van der Waals surface area contributed by atoms with E-state index in [4.69, 9.17) is 10.8 Å². The fourth-order valence-electron chi connectivity index (χ4n) is 1.15. The van der Waals surface area contributed by atoms with Crippen LogP contribution in [-0.2, 0) is 0 Å². The van der Waals surface area contributed by atoms with Crippen molar-refractivity contribution in [1.29, 1.82) is 0 Å². The van der Waals surface area contributed by atoms with E-state index in [-0.39, 0.29) is 31.4 Å². The number of thioether (sulfide) groups is 1. The maximum absolute atomic E-state index is 8.71. The summed E-state index contributed by atoms with van der Waals surface area (Å²) in [6, 6.07) is 5.76. The lowest BCUT2D eigenvalue weighted by Crippen LogP contribution is -2.06. The summed E-state index contributed by atoms with van der Waals surface area (Å²) in [6.45, 7) is 2.81. The maximum atomic E-state index is 8.71. The van der Waals surface area contributed by atoms with E-state index in [9.17, 15) is 0 Å². The number of nitrogens with one attached hydrogen (secondary N) is 1. The van der Waals surface area contributed by atoms with Crippen LogP contribution in [0.4, 0.5) is 11.4 Å². The van der Waals surface area contributed by atoms with Crippen molar-refractivity contribution in [1.82, 2.24) is 0 Å². The quantitative estimate of drug-likeness (QED) is 0.575. The average Bonchev–Trinajstić information content (AvgIpc) is 2.17. The van der Waals surface area contributed by atoms with Crippen LogP contribution in [0.1, 0.15) is 6.92 Å². The number of nitrogens with two attached hydrogens (primary N) is 1. The largest absolute Gasteiger partial charge is 0.399 e. The van der Waals surface area contributed by atoms with Gasteiger partial charge in [0.1, 0.15) is 0 Å². The van der Waals surface area contributed by atoms with Crippen LogP contribution in [0, 0.1) is 0 Å². The summed E-state index contributed by atoms with van der Waals surface area (Å²) in [5.74, 6) is 1.01. The second kappa shape index (κ2) is 9.90. The first-order valence-corrected chi connectivity index (χ1v) is 5.63. The molecule has 0 radical (unpaired) electrons. The summed E-state index contributed by atoms with van der Waals surface area (Å²) >= 11 is 1.74. The fourth-order valence-corrected chi connectivity index (χ4v) is 1.98. The van der Waals surface area contributed by atoms with Gasteiger partial charge in [-0.05, 0) is 24.0 Å². The van der Waals surface area contributed by atoms with Crippen molar-refractivity contribution in [3.8, 4) is 0 Å². The van der Waals surface area contributed by atoms with Crippen LogP contribution in [0.25, 0.3) is 0 Å². The zero-order valence-corrected chi connectivity index (χ0v) is 11.6. The molecule has 0 unspecified atom stereocenters. The first kappa shape index (κ1) is 18.1. The summed E-state index contributed by atoms with van der Waals surface area (Å²) in [4.78, 5) is 1.14. The van der Waals surface area contributed by atoms with Gasteiger partial charge in [0, 0.05) is 22.8 Å². The summed E-state index contributed by atoms with van der Waals surface area (Å²) in [7, 11) is 0. The molecule has 0 spiro atoms. The van der Waals surface area contributed by atoms with Crippen LogP contribution < -0.4 is 11.1 Å². The van der Waals surface area contributed by atoms with Crippen LogP contribution in [0.15, 0.2) is 23.1 Å². The molecule has 4 N–H and O–H groups in total. The van der Waals surface area contributed by atoms with Crippen LogP contribution in [-0.4, -0.2) is 24.0 Å². The molecule has 0 aliphatic rings. The van der Waals surface area contributed by atoms with Gasteiger partial charge in [-0.15, -0.1) is 36.6 Å². The molecule has 0 fully saturated rings. The number of hydrogen-bond acceptors (Lipinski definition) is 4. The molecular weight excluding hydrogens is 267 g/mol. The smallest absolute Gasteiger partial charge is 0.0604 e. The Hall–Kier alpha value is -0.290. The van der Waals surface area contributed by atoms with Crippen LogP contribution >= 0.6 is 36.6 Å². The molecule has 0 aliphatic heterocycles. The molecule has 0 bridgehead atoms. The molecular formula is C10H18Cl2N2OS. The highest BCUT2D eigenvalue weighted by Crippen LogP contribution is 2.28. The number of hydrogen-bond donors (Lipinski definition) is 3. The van der Waals surface area contributed by atoms with Gasteiger partial charge in [0.15, 0.2) is 0 Å². The molecule has 0 atom stereocenters. The zero-order valence-electron chi connectivity index (χ0n) is 9.10. The summed E-state index contributed by atoms with van der Waals surface area (Å²) in [6.07, 6.45) is 0. The topological polar surface area (TPSA) is 58.3 Å².